The average Bonchev–Trinajstić information content (AvgIpc) is 3.47. The number of nitrogens with zero attached hydrogens (tertiary/aromatic N) is 3. The van der Waals surface area contributed by atoms with Gasteiger partial charge in [0.2, 0.25) is 0 Å². The molecule has 4 heterocycles. The van der Waals surface area contributed by atoms with Crippen molar-refractivity contribution in [3.63, 3.8) is 0 Å². The van der Waals surface area contributed by atoms with Crippen LogP contribution in [-0.4, -0.2) is 69.6 Å². The molecule has 0 radical (unpaired) electrons. The van der Waals surface area contributed by atoms with Crippen LogP contribution in [-0.2, 0) is 15.9 Å². The van der Waals surface area contributed by atoms with E-state index < -0.39 is 0 Å². The minimum absolute atomic E-state index is 0.0422. The molecule has 6 rings (SSSR count). The Kier molecular flexibility index (Phi) is 4.66. The van der Waals surface area contributed by atoms with E-state index in [2.05, 4.69) is 20.6 Å². The first kappa shape index (κ1) is 19.7. The van der Waals surface area contributed by atoms with E-state index in [1.807, 2.05) is 31.5 Å². The highest BCUT2D eigenvalue weighted by molar-refractivity contribution is 6.04. The number of imidazole rings is 1. The van der Waals surface area contributed by atoms with Crippen LogP contribution >= 0.6 is 0 Å². The quantitative estimate of drug-likeness (QED) is 0.670. The van der Waals surface area contributed by atoms with Crippen LogP contribution in [0.1, 0.15) is 51.0 Å². The zero-order valence-electron chi connectivity index (χ0n) is 18.0. The van der Waals surface area contributed by atoms with Crippen molar-refractivity contribution in [1.82, 2.24) is 19.4 Å². The number of aromatic amines is 1. The molecule has 0 unspecified atom stereocenters. The number of aromatic nitrogens is 3. The number of amides is 1. The fraction of sp³-hybridized carbons (Fsp3) is 0.458. The second-order valence-corrected chi connectivity index (χ2v) is 9.00. The van der Waals surface area contributed by atoms with Crippen LogP contribution in [0, 0.1) is 6.92 Å². The Bertz CT molecular complexity index is 1200. The Morgan fingerprint density at radius 1 is 1.12 bits per heavy atom. The van der Waals surface area contributed by atoms with Gasteiger partial charge in [-0.3, -0.25) is 9.59 Å². The number of fused-ring (bicyclic) bond motifs is 3. The molecule has 2 fully saturated rings. The maximum absolute atomic E-state index is 13.3. The number of hydrogen-bond acceptors (Lipinski definition) is 5. The number of Topliss-reactive ketones (excluding diaryl/α,β-unsaturated/α-hetero) is 1. The van der Waals surface area contributed by atoms with Gasteiger partial charge < -0.3 is 23.9 Å². The van der Waals surface area contributed by atoms with Crippen LogP contribution in [0.25, 0.3) is 11.0 Å². The van der Waals surface area contributed by atoms with Crippen molar-refractivity contribution < 1.29 is 19.1 Å². The summed E-state index contributed by atoms with van der Waals surface area (Å²) >= 11 is 0. The molecule has 2 atom stereocenters. The summed E-state index contributed by atoms with van der Waals surface area (Å²) in [7, 11) is 0. The van der Waals surface area contributed by atoms with Crippen molar-refractivity contribution in [3.05, 3.63) is 53.1 Å². The van der Waals surface area contributed by atoms with Gasteiger partial charge >= 0.3 is 0 Å². The van der Waals surface area contributed by atoms with Gasteiger partial charge in [-0.2, -0.15) is 0 Å². The number of benzene rings is 1. The van der Waals surface area contributed by atoms with Gasteiger partial charge in [0.25, 0.3) is 5.91 Å². The van der Waals surface area contributed by atoms with Crippen molar-refractivity contribution in [3.8, 4) is 0 Å². The number of ketones is 1. The molecule has 32 heavy (non-hydrogen) atoms. The van der Waals surface area contributed by atoms with Crippen LogP contribution < -0.4 is 0 Å². The van der Waals surface area contributed by atoms with E-state index in [4.69, 9.17) is 9.47 Å². The Hall–Kier alpha value is -2.97. The van der Waals surface area contributed by atoms with E-state index in [-0.39, 0.29) is 29.9 Å². The van der Waals surface area contributed by atoms with Crippen LogP contribution in [0.3, 0.4) is 0 Å². The maximum atomic E-state index is 13.3. The third-order valence-corrected chi connectivity index (χ3v) is 7.03. The first-order valence-electron chi connectivity index (χ1n) is 11.3. The monoisotopic (exact) mass is 434 g/mol. The van der Waals surface area contributed by atoms with Gasteiger partial charge in [-0.25, -0.2) is 4.98 Å². The van der Waals surface area contributed by atoms with Gasteiger partial charge in [-0.15, -0.1) is 0 Å². The second kappa shape index (κ2) is 7.56. The van der Waals surface area contributed by atoms with Crippen LogP contribution in [0.5, 0.6) is 0 Å². The maximum Gasteiger partial charge on any atom is 0.270 e. The fourth-order valence-corrected chi connectivity index (χ4v) is 5.32. The van der Waals surface area contributed by atoms with Gasteiger partial charge in [0, 0.05) is 30.8 Å². The molecular formula is C24H26N4O4. The second-order valence-electron chi connectivity index (χ2n) is 9.00. The standard InChI is InChI=1S/C24H26N4O4/c1-14-22-17(6-4-8-19(22)29)26-23(14)24(30)27-9-20-21(10-27)32-12-15(11-31-20)28-13-25-16-5-2-3-7-18(16)28/h2-3,5,7,13,15,20-21,26H,4,6,8-12H2,1H3/t20-,21-/m0/s1. The van der Waals surface area contributed by atoms with Crippen molar-refractivity contribution >= 4 is 22.7 Å². The van der Waals surface area contributed by atoms with E-state index >= 15 is 0 Å². The molecule has 3 aliphatic rings. The van der Waals surface area contributed by atoms with Crippen molar-refractivity contribution in [2.24, 2.45) is 0 Å². The molecule has 2 saturated heterocycles. The highest BCUT2D eigenvalue weighted by Gasteiger charge is 2.41. The number of H-pyrrole nitrogens is 1. The molecule has 2 aromatic heterocycles. The predicted molar refractivity (Wildman–Crippen MR) is 117 cm³/mol. The summed E-state index contributed by atoms with van der Waals surface area (Å²) in [6.07, 6.45) is 3.73. The smallest absolute Gasteiger partial charge is 0.270 e. The van der Waals surface area contributed by atoms with Crippen LogP contribution in [0.2, 0.25) is 0 Å². The van der Waals surface area contributed by atoms with Crippen molar-refractivity contribution in [1.29, 1.82) is 0 Å². The van der Waals surface area contributed by atoms with Crippen LogP contribution in [0.4, 0.5) is 0 Å². The number of carbonyl (C=O) groups excluding carboxylic acids is 2. The molecule has 1 aromatic carbocycles. The summed E-state index contributed by atoms with van der Waals surface area (Å²) in [4.78, 5) is 35.1. The molecule has 8 nitrogen and oxygen atoms in total. The largest absolute Gasteiger partial charge is 0.371 e. The predicted octanol–water partition coefficient (Wildman–Crippen LogP) is 2.67. The summed E-state index contributed by atoms with van der Waals surface area (Å²) in [5.41, 5.74) is 4.94. The number of para-hydroxylation sites is 2. The van der Waals surface area contributed by atoms with E-state index in [1.165, 1.54) is 0 Å². The molecule has 0 bridgehead atoms. The molecule has 1 N–H and O–H groups in total. The van der Waals surface area contributed by atoms with E-state index in [0.717, 1.165) is 40.7 Å². The van der Waals surface area contributed by atoms with Gasteiger partial charge in [0.05, 0.1) is 36.6 Å². The lowest BCUT2D eigenvalue weighted by Gasteiger charge is -2.20. The van der Waals surface area contributed by atoms with Crippen molar-refractivity contribution in [2.45, 2.75) is 44.4 Å². The highest BCUT2D eigenvalue weighted by Crippen LogP contribution is 2.30. The number of hydrogen-bond donors (Lipinski definition) is 1. The fourth-order valence-electron chi connectivity index (χ4n) is 5.32. The lowest BCUT2D eigenvalue weighted by molar-refractivity contribution is -0.00461. The SMILES string of the molecule is Cc1c(C(=O)N2C[C@@H]3OCC(n4cnc5ccccc54)CO[C@H]3C2)[nH]c2c1C(=O)CCC2. The number of rotatable bonds is 2. The van der Waals surface area contributed by atoms with E-state index in [9.17, 15) is 9.59 Å². The highest BCUT2D eigenvalue weighted by atomic mass is 16.6. The summed E-state index contributed by atoms with van der Waals surface area (Å²) in [6.45, 7) is 3.85. The first-order chi connectivity index (χ1) is 15.6. The van der Waals surface area contributed by atoms with E-state index in [1.54, 1.807) is 4.90 Å². The molecule has 0 saturated carbocycles. The molecule has 2 aliphatic heterocycles. The lowest BCUT2D eigenvalue weighted by Crippen LogP contribution is -2.32. The minimum Gasteiger partial charge on any atom is -0.371 e. The first-order valence-corrected chi connectivity index (χ1v) is 11.3. The van der Waals surface area contributed by atoms with Gasteiger partial charge in [-0.1, -0.05) is 12.1 Å². The summed E-state index contributed by atoms with van der Waals surface area (Å²) in [6, 6.07) is 8.08. The number of carbonyl (C=O) groups is 2. The number of ether oxygens (including phenoxy) is 2. The average molecular weight is 434 g/mol. The zero-order valence-corrected chi connectivity index (χ0v) is 18.0. The summed E-state index contributed by atoms with van der Waals surface area (Å²) in [5.74, 6) is 0.0532. The molecule has 1 amide bonds. The lowest BCUT2D eigenvalue weighted by atomic mass is 9.94. The molecule has 166 valence electrons. The Morgan fingerprint density at radius 2 is 1.88 bits per heavy atom. The Labute approximate surface area is 185 Å². The third kappa shape index (κ3) is 3.09. The zero-order chi connectivity index (χ0) is 21.8. The van der Waals surface area contributed by atoms with Crippen molar-refractivity contribution in [2.75, 3.05) is 26.3 Å². The molecule has 0 spiro atoms. The molecule has 8 heteroatoms. The van der Waals surface area contributed by atoms with Gasteiger partial charge in [0.1, 0.15) is 17.9 Å². The van der Waals surface area contributed by atoms with Crippen LogP contribution in [0.15, 0.2) is 30.6 Å². The van der Waals surface area contributed by atoms with Gasteiger partial charge in [-0.05, 0) is 37.5 Å². The van der Waals surface area contributed by atoms with Gasteiger partial charge in [0.15, 0.2) is 5.78 Å². The molecule has 1 aliphatic carbocycles. The minimum atomic E-state index is -0.162. The van der Waals surface area contributed by atoms with E-state index in [0.29, 0.717) is 38.4 Å². The number of aryl methyl sites for hydroxylation is 1. The molecular weight excluding hydrogens is 408 g/mol. The normalized spacial score (nSPS) is 23.9. The molecule has 3 aromatic rings. The topological polar surface area (TPSA) is 89.4 Å². The summed E-state index contributed by atoms with van der Waals surface area (Å²) in [5, 5.41) is 0. The summed E-state index contributed by atoms with van der Waals surface area (Å²) < 4.78 is 14.6. The number of nitrogens with one attached hydrogen (secondary N) is 1. The Balaban J connectivity index is 1.17. The number of likely N-dealkylation sites (tertiary alicyclic amines) is 1. The Morgan fingerprint density at radius 3 is 2.62 bits per heavy atom. The third-order valence-electron chi connectivity index (χ3n) is 7.03.